The minimum Gasteiger partial charge on any atom is -0.386 e. The Balaban J connectivity index is 0.00000256. The number of halogens is 2. The second-order valence-electron chi connectivity index (χ2n) is 7.05. The molecule has 0 aliphatic carbocycles. The van der Waals surface area contributed by atoms with Crippen LogP contribution in [0.25, 0.3) is 28.2 Å². The fourth-order valence-electron chi connectivity index (χ4n) is 3.14. The number of para-hydroxylation sites is 1. The van der Waals surface area contributed by atoms with Crippen molar-refractivity contribution in [2.24, 2.45) is 0 Å². The maximum Gasteiger partial charge on any atom is 0.170 e. The molecule has 0 saturated carbocycles. The van der Waals surface area contributed by atoms with Crippen LogP contribution < -0.4 is 5.73 Å². The third-order valence-corrected chi connectivity index (χ3v) is 4.63. The normalized spacial score (nSPS) is 12.9. The second kappa shape index (κ2) is 8.22. The highest BCUT2D eigenvalue weighted by atomic mass is 35.5. The summed E-state index contributed by atoms with van der Waals surface area (Å²) in [6, 6.07) is 15.7. The molecule has 0 radical (unpaired) electrons. The van der Waals surface area contributed by atoms with Gasteiger partial charge in [-0.05, 0) is 31.2 Å². The van der Waals surface area contributed by atoms with Crippen molar-refractivity contribution in [2.45, 2.75) is 18.9 Å². The summed E-state index contributed by atoms with van der Waals surface area (Å²) in [5, 5.41) is 10.3. The predicted molar refractivity (Wildman–Crippen MR) is 118 cm³/mol. The lowest BCUT2D eigenvalue weighted by molar-refractivity contribution is 0.110. The molecule has 4 aromatic rings. The number of hydrogen-bond acceptors (Lipinski definition) is 5. The molecule has 0 aliphatic heterocycles. The molecule has 2 aromatic carbocycles. The van der Waals surface area contributed by atoms with Crippen molar-refractivity contribution in [3.63, 3.8) is 0 Å². The number of benzene rings is 2. The van der Waals surface area contributed by atoms with Crippen LogP contribution in [0.1, 0.15) is 12.7 Å². The molecule has 0 spiro atoms. The van der Waals surface area contributed by atoms with Crippen LogP contribution in [-0.4, -0.2) is 30.2 Å². The molecule has 3 N–H and O–H groups in total. The van der Waals surface area contributed by atoms with E-state index in [1.807, 2.05) is 34.9 Å². The molecule has 0 fully saturated rings. The summed E-state index contributed by atoms with van der Waals surface area (Å²) in [7, 11) is 0. The number of fused-ring (bicyclic) bond motifs is 1. The van der Waals surface area contributed by atoms with Gasteiger partial charge in [0.05, 0.1) is 5.60 Å². The molecule has 2 heterocycles. The van der Waals surface area contributed by atoms with Gasteiger partial charge in [0.2, 0.25) is 0 Å². The van der Waals surface area contributed by atoms with Crippen molar-refractivity contribution < 1.29 is 9.50 Å². The number of imidazole rings is 1. The van der Waals surface area contributed by atoms with Crippen LogP contribution >= 0.6 is 12.4 Å². The number of anilines is 1. The molecular formula is C22H21ClFN5O. The zero-order chi connectivity index (χ0) is 20.6. The Morgan fingerprint density at radius 1 is 1.13 bits per heavy atom. The van der Waals surface area contributed by atoms with Gasteiger partial charge in [0.1, 0.15) is 17.5 Å². The summed E-state index contributed by atoms with van der Waals surface area (Å²) < 4.78 is 15.7. The van der Waals surface area contributed by atoms with Crippen LogP contribution in [0.5, 0.6) is 0 Å². The van der Waals surface area contributed by atoms with E-state index >= 15 is 0 Å². The first-order valence-corrected chi connectivity index (χ1v) is 9.10. The molecule has 0 amide bonds. The largest absolute Gasteiger partial charge is 0.386 e. The Hall–Kier alpha value is -3.29. The minimum atomic E-state index is -1.18. The number of hydrogen-bond donors (Lipinski definition) is 2. The molecule has 0 aliphatic rings. The predicted octanol–water partition coefficient (Wildman–Crippen LogP) is 4.11. The number of rotatable bonds is 5. The molecule has 2 aromatic heterocycles. The first-order valence-electron chi connectivity index (χ1n) is 9.10. The fraction of sp³-hybridized carbons (Fsp3) is 0.136. The van der Waals surface area contributed by atoms with E-state index in [4.69, 9.17) is 5.73 Å². The second-order valence-corrected chi connectivity index (χ2v) is 7.05. The lowest BCUT2D eigenvalue weighted by atomic mass is 10.0. The van der Waals surface area contributed by atoms with Crippen LogP contribution in [0.15, 0.2) is 67.3 Å². The molecule has 0 saturated heterocycles. The van der Waals surface area contributed by atoms with Gasteiger partial charge in [-0.2, -0.15) is 0 Å². The average Bonchev–Trinajstić information content (AvgIpc) is 3.08. The van der Waals surface area contributed by atoms with Gasteiger partial charge in [-0.15, -0.1) is 19.0 Å². The number of aromatic nitrogens is 4. The maximum absolute atomic E-state index is 13.9. The third-order valence-electron chi connectivity index (χ3n) is 4.63. The van der Waals surface area contributed by atoms with Gasteiger partial charge in [-0.25, -0.2) is 19.3 Å². The van der Waals surface area contributed by atoms with Crippen molar-refractivity contribution in [2.75, 3.05) is 5.73 Å². The zero-order valence-corrected chi connectivity index (χ0v) is 17.1. The Bertz CT molecular complexity index is 1210. The summed E-state index contributed by atoms with van der Waals surface area (Å²) >= 11 is 0. The fourth-order valence-corrected chi connectivity index (χ4v) is 3.14. The van der Waals surface area contributed by atoms with Gasteiger partial charge in [-0.1, -0.05) is 36.4 Å². The Kier molecular flexibility index (Phi) is 5.87. The summed E-state index contributed by atoms with van der Waals surface area (Å²) in [4.78, 5) is 13.5. The maximum atomic E-state index is 13.9. The molecule has 8 heteroatoms. The molecule has 4 rings (SSSR count). The van der Waals surface area contributed by atoms with Crippen molar-refractivity contribution in [1.29, 1.82) is 0 Å². The first-order chi connectivity index (χ1) is 13.9. The van der Waals surface area contributed by atoms with E-state index in [2.05, 4.69) is 21.5 Å². The minimum absolute atomic E-state index is 0. The molecule has 1 unspecified atom stereocenters. The van der Waals surface area contributed by atoms with Gasteiger partial charge < -0.3 is 10.8 Å². The first kappa shape index (κ1) is 21.4. The van der Waals surface area contributed by atoms with Crippen LogP contribution in [0.2, 0.25) is 0 Å². The monoisotopic (exact) mass is 425 g/mol. The van der Waals surface area contributed by atoms with Crippen molar-refractivity contribution >= 4 is 29.4 Å². The Labute approximate surface area is 179 Å². The van der Waals surface area contributed by atoms with E-state index in [-0.39, 0.29) is 30.5 Å². The average molecular weight is 426 g/mol. The summed E-state index contributed by atoms with van der Waals surface area (Å²) in [5.74, 6) is 0.690. The van der Waals surface area contributed by atoms with Gasteiger partial charge in [0.25, 0.3) is 0 Å². The van der Waals surface area contributed by atoms with E-state index in [1.165, 1.54) is 18.2 Å². The molecular weight excluding hydrogens is 405 g/mol. The number of nitrogens with two attached hydrogens (primary N) is 1. The van der Waals surface area contributed by atoms with Crippen LogP contribution in [0, 0.1) is 5.82 Å². The van der Waals surface area contributed by atoms with Gasteiger partial charge in [0, 0.05) is 17.7 Å². The summed E-state index contributed by atoms with van der Waals surface area (Å²) in [6.07, 6.45) is 1.58. The Morgan fingerprint density at radius 2 is 1.87 bits per heavy atom. The topological polar surface area (TPSA) is 89.9 Å². The van der Waals surface area contributed by atoms with Gasteiger partial charge >= 0.3 is 0 Å². The van der Waals surface area contributed by atoms with E-state index in [0.29, 0.717) is 28.4 Å². The molecule has 0 bridgehead atoms. The molecule has 6 nitrogen and oxygen atoms in total. The SMILES string of the molecule is C=CC(C)(O)Cc1nc(N)c2nc(-c3cccc(F)c3)n(-c3ccccc3)c2n1.Cl. The van der Waals surface area contributed by atoms with E-state index < -0.39 is 5.60 Å². The standard InChI is InChI=1S/C22H20FN5O.ClH/c1-3-22(2,29)13-17-25-19(24)18-21(26-17)28(16-10-5-4-6-11-16)20(27-18)14-8-7-9-15(23)12-14;/h3-12,29H,1,13H2,2H3,(H2,24,25,26);1H. The van der Waals surface area contributed by atoms with E-state index in [1.54, 1.807) is 19.1 Å². The smallest absolute Gasteiger partial charge is 0.170 e. The number of aliphatic hydroxyl groups is 1. The van der Waals surface area contributed by atoms with E-state index in [9.17, 15) is 9.50 Å². The lowest BCUT2D eigenvalue weighted by Crippen LogP contribution is -2.25. The number of nitrogens with zero attached hydrogens (tertiary/aromatic N) is 4. The van der Waals surface area contributed by atoms with E-state index in [0.717, 1.165) is 5.69 Å². The number of nitrogen functional groups attached to an aromatic ring is 1. The van der Waals surface area contributed by atoms with Crippen molar-refractivity contribution in [3.8, 4) is 17.1 Å². The van der Waals surface area contributed by atoms with Crippen LogP contribution in [0.3, 0.4) is 0 Å². The molecule has 30 heavy (non-hydrogen) atoms. The highest BCUT2D eigenvalue weighted by molar-refractivity contribution is 5.87. The van der Waals surface area contributed by atoms with Crippen molar-refractivity contribution in [1.82, 2.24) is 19.5 Å². The highest BCUT2D eigenvalue weighted by Crippen LogP contribution is 2.30. The summed E-state index contributed by atoms with van der Waals surface area (Å²) in [6.45, 7) is 5.26. The highest BCUT2D eigenvalue weighted by Gasteiger charge is 2.23. The zero-order valence-electron chi connectivity index (χ0n) is 16.3. The van der Waals surface area contributed by atoms with Crippen LogP contribution in [0.4, 0.5) is 10.2 Å². The van der Waals surface area contributed by atoms with Gasteiger partial charge in [-0.3, -0.25) is 4.57 Å². The Morgan fingerprint density at radius 3 is 2.53 bits per heavy atom. The van der Waals surface area contributed by atoms with Crippen molar-refractivity contribution in [3.05, 3.63) is 78.9 Å². The van der Waals surface area contributed by atoms with Crippen LogP contribution in [-0.2, 0) is 6.42 Å². The third kappa shape index (κ3) is 4.03. The van der Waals surface area contributed by atoms with Gasteiger partial charge in [0.15, 0.2) is 17.0 Å². The quantitative estimate of drug-likeness (QED) is 0.470. The summed E-state index contributed by atoms with van der Waals surface area (Å²) in [5.41, 5.74) is 7.28. The molecule has 1 atom stereocenters. The molecule has 154 valence electrons. The lowest BCUT2D eigenvalue weighted by Gasteiger charge is -2.17.